The van der Waals surface area contributed by atoms with Crippen LogP contribution in [0, 0.1) is 40.3 Å². The molecule has 1 aromatic rings. The summed E-state index contributed by atoms with van der Waals surface area (Å²) >= 11 is 0. The molecule has 7 atom stereocenters. The van der Waals surface area contributed by atoms with Crippen LogP contribution in [0.1, 0.15) is 77.2 Å². The first kappa shape index (κ1) is 18.9. The summed E-state index contributed by atoms with van der Waals surface area (Å²) in [6, 6.07) is 6.78. The van der Waals surface area contributed by atoms with E-state index in [1.54, 1.807) is 12.1 Å². The molecule has 2 heteroatoms. The number of aliphatic hydroxyl groups excluding tert-OH is 1. The molecule has 0 radical (unpaired) electrons. The van der Waals surface area contributed by atoms with E-state index < -0.39 is 0 Å². The van der Waals surface area contributed by atoms with Gasteiger partial charge in [0.25, 0.3) is 0 Å². The van der Waals surface area contributed by atoms with Crippen molar-refractivity contribution in [1.82, 2.24) is 0 Å². The zero-order chi connectivity index (χ0) is 19.5. The monoisotopic (exact) mass is 382 g/mol. The molecular formula is C26H35FO. The molecule has 5 rings (SSSR count). The van der Waals surface area contributed by atoms with Crippen LogP contribution < -0.4 is 0 Å². The summed E-state index contributed by atoms with van der Waals surface area (Å²) in [4.78, 5) is 0. The molecule has 0 heterocycles. The van der Waals surface area contributed by atoms with Gasteiger partial charge in [0.1, 0.15) is 5.82 Å². The van der Waals surface area contributed by atoms with Crippen molar-refractivity contribution in [3.8, 4) is 0 Å². The molecule has 28 heavy (non-hydrogen) atoms. The second kappa shape index (κ2) is 6.69. The maximum atomic E-state index is 13.6. The van der Waals surface area contributed by atoms with Crippen LogP contribution in [0.2, 0.25) is 0 Å². The average molecular weight is 383 g/mol. The van der Waals surface area contributed by atoms with E-state index in [1.807, 2.05) is 6.07 Å². The molecule has 152 valence electrons. The molecule has 4 fully saturated rings. The lowest BCUT2D eigenvalue weighted by Crippen LogP contribution is -2.53. The first-order valence-corrected chi connectivity index (χ1v) is 11.6. The maximum Gasteiger partial charge on any atom is 0.123 e. The van der Waals surface area contributed by atoms with Crippen molar-refractivity contribution in [3.63, 3.8) is 0 Å². The quantitative estimate of drug-likeness (QED) is 0.579. The van der Waals surface area contributed by atoms with Crippen molar-refractivity contribution in [2.45, 2.75) is 77.7 Å². The molecule has 4 saturated carbocycles. The molecule has 1 N–H and O–H groups in total. The smallest absolute Gasteiger partial charge is 0.123 e. The van der Waals surface area contributed by atoms with Gasteiger partial charge in [0.05, 0.1) is 6.10 Å². The highest BCUT2D eigenvalue weighted by Gasteiger charge is 2.60. The molecule has 4 aliphatic rings. The Hall–Kier alpha value is -1.15. The molecule has 4 aliphatic carbocycles. The Morgan fingerprint density at radius 2 is 1.86 bits per heavy atom. The Labute approximate surface area is 169 Å². The van der Waals surface area contributed by atoms with Crippen molar-refractivity contribution in [3.05, 3.63) is 41.2 Å². The minimum absolute atomic E-state index is 0.00180. The van der Waals surface area contributed by atoms with E-state index in [0.29, 0.717) is 11.3 Å². The highest BCUT2D eigenvalue weighted by atomic mass is 19.1. The zero-order valence-corrected chi connectivity index (χ0v) is 17.5. The van der Waals surface area contributed by atoms with Gasteiger partial charge in [-0.25, -0.2) is 4.39 Å². The maximum absolute atomic E-state index is 13.6. The third kappa shape index (κ3) is 2.74. The summed E-state index contributed by atoms with van der Waals surface area (Å²) in [5, 5.41) is 11.3. The summed E-state index contributed by atoms with van der Waals surface area (Å²) in [5.41, 5.74) is 2.55. The summed E-state index contributed by atoms with van der Waals surface area (Å²) < 4.78 is 13.6. The van der Waals surface area contributed by atoms with Crippen molar-refractivity contribution >= 4 is 6.08 Å². The van der Waals surface area contributed by atoms with Gasteiger partial charge in [-0.05, 0) is 97.3 Å². The zero-order valence-electron chi connectivity index (χ0n) is 17.5. The molecule has 0 bridgehead atoms. The highest BCUT2D eigenvalue weighted by Crippen LogP contribution is 2.67. The Morgan fingerprint density at radius 3 is 2.68 bits per heavy atom. The van der Waals surface area contributed by atoms with Crippen molar-refractivity contribution in [2.75, 3.05) is 0 Å². The molecular weight excluding hydrogens is 347 g/mol. The number of hydrogen-bond acceptors (Lipinski definition) is 1. The molecule has 0 amide bonds. The van der Waals surface area contributed by atoms with Gasteiger partial charge < -0.3 is 5.11 Å². The lowest BCUT2D eigenvalue weighted by atomic mass is 9.45. The normalized spacial score (nSPS) is 46.7. The molecule has 0 unspecified atom stereocenters. The molecule has 0 spiro atoms. The third-order valence-electron chi connectivity index (χ3n) is 9.65. The van der Waals surface area contributed by atoms with Crippen molar-refractivity contribution in [1.29, 1.82) is 0 Å². The number of benzene rings is 1. The van der Waals surface area contributed by atoms with Gasteiger partial charge in [0, 0.05) is 5.41 Å². The summed E-state index contributed by atoms with van der Waals surface area (Å²) in [6.07, 6.45) is 13.6. The summed E-state index contributed by atoms with van der Waals surface area (Å²) in [7, 11) is 0. The first-order valence-electron chi connectivity index (χ1n) is 11.6. The van der Waals surface area contributed by atoms with Crippen molar-refractivity contribution < 1.29 is 9.50 Å². The molecule has 1 aromatic carbocycles. The van der Waals surface area contributed by atoms with Gasteiger partial charge in [-0.3, -0.25) is 0 Å². The van der Waals surface area contributed by atoms with E-state index in [0.717, 1.165) is 41.7 Å². The Bertz CT molecular complexity index is 784. The van der Waals surface area contributed by atoms with Crippen LogP contribution >= 0.6 is 0 Å². The second-order valence-electron chi connectivity index (χ2n) is 10.8. The van der Waals surface area contributed by atoms with Crippen LogP contribution in [-0.4, -0.2) is 11.2 Å². The minimum Gasteiger partial charge on any atom is -0.388 e. The SMILES string of the molecule is C[C@]12CCCC[C@@H]1CC[C@@H]1[C@@H]2CC[C@]2(C)[C@@H](O)/C(=C/c3cccc(F)c3)C[C@@H]12. The number of fused-ring (bicyclic) bond motifs is 5. The Balaban J connectivity index is 1.46. The average Bonchev–Trinajstić information content (AvgIpc) is 2.92. The number of rotatable bonds is 1. The molecule has 0 aliphatic heterocycles. The number of aliphatic hydroxyl groups is 1. The largest absolute Gasteiger partial charge is 0.388 e. The number of hydrogen-bond donors (Lipinski definition) is 1. The number of halogens is 1. The van der Waals surface area contributed by atoms with Crippen LogP contribution in [0.5, 0.6) is 0 Å². The third-order valence-corrected chi connectivity index (χ3v) is 9.65. The van der Waals surface area contributed by atoms with Gasteiger partial charge >= 0.3 is 0 Å². The molecule has 0 aromatic heterocycles. The predicted molar refractivity (Wildman–Crippen MR) is 112 cm³/mol. The fraction of sp³-hybridized carbons (Fsp3) is 0.692. The van der Waals surface area contributed by atoms with Crippen LogP contribution in [0.3, 0.4) is 0 Å². The second-order valence-corrected chi connectivity index (χ2v) is 10.8. The molecule has 0 saturated heterocycles. The van der Waals surface area contributed by atoms with Crippen molar-refractivity contribution in [2.24, 2.45) is 34.5 Å². The van der Waals surface area contributed by atoms with Crippen LogP contribution in [-0.2, 0) is 0 Å². The van der Waals surface area contributed by atoms with Crippen LogP contribution in [0.15, 0.2) is 29.8 Å². The van der Waals surface area contributed by atoms with Crippen LogP contribution in [0.4, 0.5) is 4.39 Å². The standard InChI is InChI=1S/C26H35FO/c1-25-12-4-3-7-19(25)9-10-21-22(25)11-13-26(2)23(21)16-18(24(26)28)14-17-6-5-8-20(27)15-17/h5-6,8,14-15,19,21-24,28H,3-4,7,9-13,16H2,1-2H3/b18-14+/t19-,21-,22+,23+,24+,25+,26+/m1/s1. The van der Waals surface area contributed by atoms with E-state index in [9.17, 15) is 9.50 Å². The van der Waals surface area contributed by atoms with Gasteiger partial charge in [-0.1, -0.05) is 44.9 Å². The van der Waals surface area contributed by atoms with E-state index in [1.165, 1.54) is 51.0 Å². The summed E-state index contributed by atoms with van der Waals surface area (Å²) in [6.45, 7) is 4.94. The minimum atomic E-state index is -0.376. The first-order chi connectivity index (χ1) is 13.4. The van der Waals surface area contributed by atoms with Gasteiger partial charge in [0.2, 0.25) is 0 Å². The summed E-state index contributed by atoms with van der Waals surface area (Å²) in [5.74, 6) is 2.91. The van der Waals surface area contributed by atoms with E-state index in [4.69, 9.17) is 0 Å². The topological polar surface area (TPSA) is 20.2 Å². The Kier molecular flexibility index (Phi) is 4.50. The fourth-order valence-electron chi connectivity index (χ4n) is 8.10. The van der Waals surface area contributed by atoms with Crippen LogP contribution in [0.25, 0.3) is 6.08 Å². The lowest BCUT2D eigenvalue weighted by Gasteiger charge is -2.60. The fourth-order valence-corrected chi connectivity index (χ4v) is 8.10. The van der Waals surface area contributed by atoms with E-state index >= 15 is 0 Å². The van der Waals surface area contributed by atoms with Gasteiger partial charge in [-0.15, -0.1) is 0 Å². The van der Waals surface area contributed by atoms with E-state index in [-0.39, 0.29) is 17.3 Å². The van der Waals surface area contributed by atoms with Gasteiger partial charge in [-0.2, -0.15) is 0 Å². The lowest BCUT2D eigenvalue weighted by molar-refractivity contribution is -0.119. The predicted octanol–water partition coefficient (Wildman–Crippen LogP) is 6.61. The molecule has 1 nitrogen and oxygen atoms in total. The van der Waals surface area contributed by atoms with Gasteiger partial charge in [0.15, 0.2) is 0 Å². The highest BCUT2D eigenvalue weighted by molar-refractivity contribution is 5.55. The van der Waals surface area contributed by atoms with E-state index in [2.05, 4.69) is 19.9 Å². The Morgan fingerprint density at radius 1 is 1.00 bits per heavy atom.